The number of hydrogen-bond acceptors (Lipinski definition) is 4. The van der Waals surface area contributed by atoms with Gasteiger partial charge in [0.2, 0.25) is 0 Å². The van der Waals surface area contributed by atoms with Crippen molar-refractivity contribution in [2.75, 3.05) is 6.61 Å². The molecule has 0 aliphatic heterocycles. The zero-order chi connectivity index (χ0) is 13.7. The van der Waals surface area contributed by atoms with Crippen LogP contribution in [0, 0.1) is 0 Å². The van der Waals surface area contributed by atoms with E-state index in [1.807, 2.05) is 0 Å². The average molecular weight is 313 g/mol. The summed E-state index contributed by atoms with van der Waals surface area (Å²) in [5.74, 6) is -0.665. The van der Waals surface area contributed by atoms with Crippen molar-refractivity contribution in [3.63, 3.8) is 0 Å². The Morgan fingerprint density at radius 1 is 1.44 bits per heavy atom. The fourth-order valence-corrected chi connectivity index (χ4v) is 1.87. The van der Waals surface area contributed by atoms with Crippen molar-refractivity contribution in [1.29, 1.82) is 0 Å². The first-order valence-electron chi connectivity index (χ1n) is 5.42. The van der Waals surface area contributed by atoms with Gasteiger partial charge in [-0.15, -0.1) is 0 Å². The Bertz CT molecular complexity index is 482. The fourth-order valence-electron chi connectivity index (χ4n) is 1.47. The normalized spacial score (nSPS) is 11.7. The summed E-state index contributed by atoms with van der Waals surface area (Å²) in [6.45, 7) is 3.34. The minimum atomic E-state index is -0.586. The van der Waals surface area contributed by atoms with Gasteiger partial charge in [-0.25, -0.2) is 4.79 Å². The smallest absolute Gasteiger partial charge is 0.338 e. The Labute approximate surface area is 113 Å². The minimum Gasteiger partial charge on any atom is -0.462 e. The first kappa shape index (κ1) is 14.6. The van der Waals surface area contributed by atoms with Crippen molar-refractivity contribution in [3.8, 4) is 0 Å². The van der Waals surface area contributed by atoms with Gasteiger partial charge in [0.15, 0.2) is 0 Å². The highest BCUT2D eigenvalue weighted by molar-refractivity contribution is 9.09. The number of carbonyl (C=O) groups excluding carboxylic acids is 3. The molecule has 0 heterocycles. The first-order chi connectivity index (χ1) is 8.51. The molecule has 1 aromatic carbocycles. The number of benzene rings is 1. The van der Waals surface area contributed by atoms with Gasteiger partial charge in [0.05, 0.1) is 17.0 Å². The molecule has 0 aromatic heterocycles. The van der Waals surface area contributed by atoms with Crippen LogP contribution in [0.3, 0.4) is 0 Å². The topological polar surface area (TPSA) is 60.4 Å². The second kappa shape index (κ2) is 6.44. The second-order valence-electron chi connectivity index (χ2n) is 3.66. The van der Waals surface area contributed by atoms with E-state index in [1.165, 1.54) is 13.0 Å². The van der Waals surface area contributed by atoms with Crippen molar-refractivity contribution in [2.45, 2.75) is 18.7 Å². The summed E-state index contributed by atoms with van der Waals surface area (Å²) in [5, 5.41) is 0. The number of alkyl halides is 1. The van der Waals surface area contributed by atoms with Crippen LogP contribution in [0.25, 0.3) is 0 Å². The van der Waals surface area contributed by atoms with E-state index in [-0.39, 0.29) is 18.0 Å². The van der Waals surface area contributed by atoms with Gasteiger partial charge in [0, 0.05) is 5.56 Å². The van der Waals surface area contributed by atoms with E-state index in [0.717, 1.165) is 0 Å². The molecule has 0 saturated heterocycles. The van der Waals surface area contributed by atoms with Gasteiger partial charge in [0.25, 0.3) is 0 Å². The maximum absolute atomic E-state index is 11.8. The Kier molecular flexibility index (Phi) is 5.22. The summed E-state index contributed by atoms with van der Waals surface area (Å²) in [6.07, 6.45) is 0.642. The number of aldehydes is 1. The summed E-state index contributed by atoms with van der Waals surface area (Å²) in [6, 6.07) is 4.57. The molecule has 0 fully saturated rings. The molecular formula is C13H13BrO4. The van der Waals surface area contributed by atoms with E-state index in [0.29, 0.717) is 17.4 Å². The molecule has 96 valence electrons. The Morgan fingerprint density at radius 2 is 2.11 bits per heavy atom. The zero-order valence-electron chi connectivity index (χ0n) is 10.1. The molecule has 0 bridgehead atoms. The number of esters is 1. The number of Topliss-reactive ketones (excluding diaryl/α,β-unsaturated/α-hetero) is 1. The lowest BCUT2D eigenvalue weighted by Gasteiger charge is -2.12. The highest BCUT2D eigenvalue weighted by atomic mass is 79.9. The lowest BCUT2D eigenvalue weighted by molar-refractivity contribution is -0.116. The Balaban J connectivity index is 3.28. The molecule has 5 heteroatoms. The predicted octanol–water partition coefficient (Wildman–Crippen LogP) is 2.70. The molecule has 1 unspecified atom stereocenters. The number of rotatable bonds is 5. The minimum absolute atomic E-state index is 0.126. The molecular weight excluding hydrogens is 300 g/mol. The zero-order valence-corrected chi connectivity index (χ0v) is 11.7. The maximum Gasteiger partial charge on any atom is 0.338 e. The van der Waals surface area contributed by atoms with Crippen molar-refractivity contribution in [3.05, 3.63) is 34.9 Å². The molecule has 0 aliphatic carbocycles. The molecule has 0 aliphatic rings. The molecule has 1 rings (SSSR count). The van der Waals surface area contributed by atoms with Crippen LogP contribution >= 0.6 is 15.9 Å². The third kappa shape index (κ3) is 3.26. The van der Waals surface area contributed by atoms with Gasteiger partial charge in [-0.2, -0.15) is 0 Å². The van der Waals surface area contributed by atoms with E-state index >= 15 is 0 Å². The summed E-state index contributed by atoms with van der Waals surface area (Å²) in [5.41, 5.74) is 1.11. The van der Waals surface area contributed by atoms with Crippen LogP contribution in [0.15, 0.2) is 18.2 Å². The van der Waals surface area contributed by atoms with E-state index in [2.05, 4.69) is 15.9 Å². The summed E-state index contributed by atoms with van der Waals surface area (Å²) in [4.78, 5) is 33.3. The fraction of sp³-hybridized carbons (Fsp3) is 0.308. The largest absolute Gasteiger partial charge is 0.462 e. The SMILES string of the molecule is CCOC(=O)c1cc(C=O)ccc1C(Br)C(C)=O. The van der Waals surface area contributed by atoms with Crippen LogP contribution in [-0.4, -0.2) is 24.6 Å². The van der Waals surface area contributed by atoms with E-state index in [4.69, 9.17) is 4.74 Å². The molecule has 0 saturated carbocycles. The van der Waals surface area contributed by atoms with Gasteiger partial charge < -0.3 is 4.74 Å². The summed E-state index contributed by atoms with van der Waals surface area (Å²) in [7, 11) is 0. The van der Waals surface area contributed by atoms with Gasteiger partial charge in [0.1, 0.15) is 12.1 Å². The van der Waals surface area contributed by atoms with Gasteiger partial charge in [-0.3, -0.25) is 9.59 Å². The first-order valence-corrected chi connectivity index (χ1v) is 6.33. The highest BCUT2D eigenvalue weighted by Gasteiger charge is 2.21. The third-order valence-electron chi connectivity index (χ3n) is 2.34. The van der Waals surface area contributed by atoms with E-state index in [1.54, 1.807) is 19.1 Å². The summed E-state index contributed by atoms with van der Waals surface area (Å²) < 4.78 is 4.91. The van der Waals surface area contributed by atoms with Crippen LogP contribution in [0.2, 0.25) is 0 Å². The van der Waals surface area contributed by atoms with E-state index in [9.17, 15) is 14.4 Å². The number of halogens is 1. The maximum atomic E-state index is 11.8. The van der Waals surface area contributed by atoms with Crippen LogP contribution in [0.4, 0.5) is 0 Å². The Morgan fingerprint density at radius 3 is 2.61 bits per heavy atom. The molecule has 18 heavy (non-hydrogen) atoms. The van der Waals surface area contributed by atoms with Crippen LogP contribution in [0.1, 0.15) is 45.0 Å². The van der Waals surface area contributed by atoms with Crippen molar-refractivity contribution in [1.82, 2.24) is 0 Å². The van der Waals surface area contributed by atoms with Gasteiger partial charge >= 0.3 is 5.97 Å². The Hall–Kier alpha value is -1.49. The number of hydrogen-bond donors (Lipinski definition) is 0. The standard InChI is InChI=1S/C13H13BrO4/c1-3-18-13(17)11-6-9(7-15)4-5-10(11)12(14)8(2)16/h4-7,12H,3H2,1-2H3. The predicted molar refractivity (Wildman–Crippen MR) is 70.1 cm³/mol. The average Bonchev–Trinajstić information content (AvgIpc) is 2.37. The third-order valence-corrected chi connectivity index (χ3v) is 3.48. The van der Waals surface area contributed by atoms with Gasteiger partial charge in [-0.05, 0) is 25.5 Å². The monoisotopic (exact) mass is 312 g/mol. The molecule has 1 aromatic rings. The van der Waals surface area contributed by atoms with Crippen molar-refractivity contribution in [2.24, 2.45) is 0 Å². The number of carbonyl (C=O) groups is 3. The molecule has 0 spiro atoms. The van der Waals surface area contributed by atoms with Crippen LogP contribution < -0.4 is 0 Å². The number of ether oxygens (including phenoxy) is 1. The molecule has 4 nitrogen and oxygen atoms in total. The lowest BCUT2D eigenvalue weighted by atomic mass is 10.00. The van der Waals surface area contributed by atoms with Crippen molar-refractivity contribution < 1.29 is 19.1 Å². The van der Waals surface area contributed by atoms with Crippen LogP contribution in [0.5, 0.6) is 0 Å². The molecule has 0 amide bonds. The van der Waals surface area contributed by atoms with Crippen LogP contribution in [-0.2, 0) is 9.53 Å². The molecule has 1 atom stereocenters. The second-order valence-corrected chi connectivity index (χ2v) is 4.57. The molecule has 0 N–H and O–H groups in total. The quantitative estimate of drug-likeness (QED) is 0.476. The molecule has 0 radical (unpaired) electrons. The highest BCUT2D eigenvalue weighted by Crippen LogP contribution is 2.28. The lowest BCUT2D eigenvalue weighted by Crippen LogP contribution is -2.12. The summed E-state index contributed by atoms with van der Waals surface area (Å²) >= 11 is 3.22. The number of ketones is 1. The van der Waals surface area contributed by atoms with Gasteiger partial charge in [-0.1, -0.05) is 28.1 Å². The van der Waals surface area contributed by atoms with Crippen molar-refractivity contribution >= 4 is 34.0 Å². The van der Waals surface area contributed by atoms with E-state index < -0.39 is 10.8 Å².